The van der Waals surface area contributed by atoms with Crippen LogP contribution in [0, 0.1) is 11.3 Å². The lowest BCUT2D eigenvalue weighted by molar-refractivity contribution is -0.128. The third-order valence-electron chi connectivity index (χ3n) is 10.7. The van der Waals surface area contributed by atoms with Gasteiger partial charge >= 0.3 is 6.09 Å². The molecule has 1 spiro atoms. The molecule has 2 fully saturated rings. The maximum Gasteiger partial charge on any atom is 0.415 e. The fraction of sp³-hybridized carbons (Fsp3) is 0.636. The molecule has 3 aliphatic heterocycles. The Morgan fingerprint density at radius 2 is 2.04 bits per heavy atom. The summed E-state index contributed by atoms with van der Waals surface area (Å²) >= 11 is 0. The van der Waals surface area contributed by atoms with E-state index in [0.717, 1.165) is 50.8 Å². The first-order valence-electron chi connectivity index (χ1n) is 16.5. The highest BCUT2D eigenvalue weighted by Crippen LogP contribution is 2.63. The molecule has 3 heterocycles. The predicted molar refractivity (Wildman–Crippen MR) is 171 cm³/mol. The Morgan fingerprint density at radius 3 is 2.80 bits per heavy atom. The first-order valence-corrected chi connectivity index (χ1v) is 16.5. The maximum absolute atomic E-state index is 13.9. The second kappa shape index (κ2) is 13.0. The van der Waals surface area contributed by atoms with Crippen LogP contribution in [0.2, 0.25) is 0 Å². The Hall–Kier alpha value is -4.00. The van der Waals surface area contributed by atoms with E-state index in [0.29, 0.717) is 49.4 Å². The smallest absolute Gasteiger partial charge is 0.415 e. The predicted octanol–water partition coefficient (Wildman–Crippen LogP) is 1.73. The lowest BCUT2D eigenvalue weighted by Gasteiger charge is -2.56. The average Bonchev–Trinajstić information content (AvgIpc) is 3.39. The Labute approximate surface area is 270 Å². The van der Waals surface area contributed by atoms with Crippen molar-refractivity contribution in [1.82, 2.24) is 25.8 Å². The van der Waals surface area contributed by atoms with Crippen LogP contribution in [-0.4, -0.2) is 98.2 Å². The number of likely N-dealkylation sites (N-methyl/N-ethyl adjacent to an activating group) is 1. The number of guanidine groups is 1. The van der Waals surface area contributed by atoms with Gasteiger partial charge in [-0.25, -0.2) is 4.79 Å². The van der Waals surface area contributed by atoms with Gasteiger partial charge in [-0.1, -0.05) is 6.07 Å². The fourth-order valence-electron chi connectivity index (χ4n) is 8.56. The summed E-state index contributed by atoms with van der Waals surface area (Å²) in [5, 5.41) is 15.7. The number of nitrogens with one attached hydrogen (secondary N) is 4. The molecule has 2 bridgehead atoms. The standard InChI is InChI=1S/C33H47N7O6/c1-19(41)38-23(8-6-14-36-31(34)35)30(42)37-18-21-7-4-5-15-40(21)32(43)45-26-12-10-22-24-17-20-9-11-25(44-3)28-27(20)33(22,29(26)46-28)13-16-39(24)2/h9,11-12,21-24,29H,4-8,10,13-18H2,1-3H3,(H,37,42)(H,38,41)(H4,34,35,36)/t21-,22+,23+,24-,29+,33+/m1/s1. The van der Waals surface area contributed by atoms with Crippen LogP contribution < -0.4 is 31.2 Å². The molecule has 1 aromatic rings. The number of likely N-dealkylation sites (tertiary alicyclic amines) is 2. The Bertz CT molecular complexity index is 1420. The second-order valence-corrected chi connectivity index (χ2v) is 13.3. The van der Waals surface area contributed by atoms with Gasteiger partial charge in [0, 0.05) is 43.6 Å². The second-order valence-electron chi connectivity index (χ2n) is 13.3. The van der Waals surface area contributed by atoms with Gasteiger partial charge in [-0.15, -0.1) is 0 Å². The van der Waals surface area contributed by atoms with E-state index >= 15 is 0 Å². The van der Waals surface area contributed by atoms with E-state index in [2.05, 4.69) is 40.0 Å². The molecule has 250 valence electrons. The molecule has 2 aliphatic carbocycles. The summed E-state index contributed by atoms with van der Waals surface area (Å²) < 4.78 is 18.7. The number of methoxy groups -OCH3 is 1. The maximum atomic E-state index is 13.9. The normalized spacial score (nSPS) is 28.2. The minimum atomic E-state index is -0.730. The van der Waals surface area contributed by atoms with Crippen LogP contribution in [0.5, 0.6) is 11.5 Å². The fourth-order valence-corrected chi connectivity index (χ4v) is 8.56. The van der Waals surface area contributed by atoms with Crippen LogP contribution in [0.3, 0.4) is 0 Å². The van der Waals surface area contributed by atoms with E-state index in [1.54, 1.807) is 12.0 Å². The third-order valence-corrected chi connectivity index (χ3v) is 10.7. The summed E-state index contributed by atoms with van der Waals surface area (Å²) in [4.78, 5) is 43.0. The average molecular weight is 638 g/mol. The highest BCUT2D eigenvalue weighted by atomic mass is 16.6. The number of nitrogens with zero attached hydrogens (tertiary/aromatic N) is 2. The number of carbonyl (C=O) groups excluding carboxylic acids is 3. The number of allylic oxidation sites excluding steroid dienone is 1. The summed E-state index contributed by atoms with van der Waals surface area (Å²) in [6.07, 6.45) is 7.33. The third kappa shape index (κ3) is 5.73. The lowest BCUT2D eigenvalue weighted by atomic mass is 9.53. The lowest BCUT2D eigenvalue weighted by Crippen LogP contribution is -2.63. The molecular formula is C33H47N7O6. The Kier molecular flexibility index (Phi) is 9.04. The van der Waals surface area contributed by atoms with Gasteiger partial charge in [0.15, 0.2) is 23.6 Å². The zero-order chi connectivity index (χ0) is 32.6. The number of amides is 3. The van der Waals surface area contributed by atoms with Gasteiger partial charge < -0.3 is 45.7 Å². The zero-order valence-corrected chi connectivity index (χ0v) is 27.0. The van der Waals surface area contributed by atoms with Crippen molar-refractivity contribution in [3.63, 3.8) is 0 Å². The first-order chi connectivity index (χ1) is 22.1. The van der Waals surface area contributed by atoms with Crippen LogP contribution in [-0.2, 0) is 26.2 Å². The van der Waals surface area contributed by atoms with Crippen molar-refractivity contribution in [2.45, 2.75) is 87.9 Å². The highest BCUT2D eigenvalue weighted by molar-refractivity contribution is 5.86. The van der Waals surface area contributed by atoms with Gasteiger partial charge in [0.2, 0.25) is 11.8 Å². The number of hydrogen-bond donors (Lipinski definition) is 5. The van der Waals surface area contributed by atoms with Gasteiger partial charge in [0.25, 0.3) is 0 Å². The molecule has 46 heavy (non-hydrogen) atoms. The number of benzene rings is 1. The highest BCUT2D eigenvalue weighted by Gasteiger charge is 2.65. The van der Waals surface area contributed by atoms with Crippen molar-refractivity contribution in [3.05, 3.63) is 35.1 Å². The molecule has 0 radical (unpaired) electrons. The van der Waals surface area contributed by atoms with E-state index in [-0.39, 0.29) is 35.8 Å². The summed E-state index contributed by atoms with van der Waals surface area (Å²) in [6, 6.07) is 3.57. The van der Waals surface area contributed by atoms with Crippen molar-refractivity contribution in [2.75, 3.05) is 40.3 Å². The number of piperidine rings is 2. The summed E-state index contributed by atoms with van der Waals surface area (Å²) in [5.74, 6) is 1.65. The van der Waals surface area contributed by atoms with Gasteiger partial charge in [0.05, 0.1) is 13.2 Å². The van der Waals surface area contributed by atoms with Crippen molar-refractivity contribution in [3.8, 4) is 11.5 Å². The molecular weight excluding hydrogens is 590 g/mol. The van der Waals surface area contributed by atoms with Crippen LogP contribution in [0.4, 0.5) is 4.79 Å². The molecule has 13 heteroatoms. The van der Waals surface area contributed by atoms with E-state index in [4.69, 9.17) is 25.4 Å². The molecule has 0 unspecified atom stereocenters. The summed E-state index contributed by atoms with van der Waals surface area (Å²) in [6.45, 7) is 3.51. The van der Waals surface area contributed by atoms with Gasteiger partial charge in [-0.2, -0.15) is 0 Å². The Balaban J connectivity index is 1.15. The molecule has 0 aromatic heterocycles. The number of nitrogens with two attached hydrogens (primary N) is 1. The van der Waals surface area contributed by atoms with Crippen LogP contribution in [0.25, 0.3) is 0 Å². The van der Waals surface area contributed by atoms with Crippen molar-refractivity contribution in [1.29, 1.82) is 5.41 Å². The SMILES string of the molecule is COc1ccc2c3c1O[C@H]1C(OC(=O)N4CCCC[C@@H]4CNC(=O)[C@H](CCCNC(=N)N)NC(C)=O)=CC[C@H]4[C@@H](C2)N(C)CC[C@]314. The molecule has 3 amide bonds. The minimum Gasteiger partial charge on any atom is -0.493 e. The molecule has 6 atom stereocenters. The first kappa shape index (κ1) is 32.0. The molecule has 6 rings (SSSR count). The molecule has 6 N–H and O–H groups in total. The van der Waals surface area contributed by atoms with Crippen LogP contribution in [0.1, 0.15) is 63.0 Å². The van der Waals surface area contributed by atoms with Crippen molar-refractivity contribution < 1.29 is 28.6 Å². The molecule has 13 nitrogen and oxygen atoms in total. The van der Waals surface area contributed by atoms with Gasteiger partial charge in [-0.05, 0) is 88.6 Å². The number of hydrogen-bond acceptors (Lipinski definition) is 8. The quantitative estimate of drug-likeness (QED) is 0.146. The van der Waals surface area contributed by atoms with Crippen molar-refractivity contribution in [2.24, 2.45) is 11.7 Å². The molecule has 5 aliphatic rings. The number of carbonyl (C=O) groups is 3. The van der Waals surface area contributed by atoms with Crippen LogP contribution >= 0.6 is 0 Å². The zero-order valence-electron chi connectivity index (χ0n) is 27.0. The monoisotopic (exact) mass is 637 g/mol. The van der Waals surface area contributed by atoms with Gasteiger partial charge in [-0.3, -0.25) is 15.0 Å². The van der Waals surface area contributed by atoms with Crippen LogP contribution in [0.15, 0.2) is 24.0 Å². The van der Waals surface area contributed by atoms with E-state index in [9.17, 15) is 14.4 Å². The van der Waals surface area contributed by atoms with E-state index < -0.39 is 18.2 Å². The summed E-state index contributed by atoms with van der Waals surface area (Å²) in [7, 11) is 3.87. The van der Waals surface area contributed by atoms with Crippen molar-refractivity contribution >= 4 is 23.9 Å². The minimum absolute atomic E-state index is 0.143. The molecule has 2 saturated heterocycles. The van der Waals surface area contributed by atoms with E-state index in [1.807, 2.05) is 6.07 Å². The van der Waals surface area contributed by atoms with Gasteiger partial charge in [0.1, 0.15) is 11.8 Å². The van der Waals surface area contributed by atoms with E-state index in [1.165, 1.54) is 18.1 Å². The number of ether oxygens (including phenoxy) is 3. The largest absolute Gasteiger partial charge is 0.493 e. The molecule has 0 saturated carbocycles. The Morgan fingerprint density at radius 1 is 1.22 bits per heavy atom. The molecule has 1 aromatic carbocycles. The summed E-state index contributed by atoms with van der Waals surface area (Å²) in [5.41, 5.74) is 7.59. The number of rotatable bonds is 10. The topological polar surface area (TPSA) is 171 Å².